The van der Waals surface area contributed by atoms with Crippen molar-refractivity contribution in [3.8, 4) is 0 Å². The molecule has 116 valence electrons. The highest BCUT2D eigenvalue weighted by molar-refractivity contribution is 5.84. The fourth-order valence-corrected chi connectivity index (χ4v) is 3.37. The number of rotatable bonds is 4. The third kappa shape index (κ3) is 2.68. The van der Waals surface area contributed by atoms with Crippen molar-refractivity contribution in [2.75, 3.05) is 0 Å². The highest BCUT2D eigenvalue weighted by Crippen LogP contribution is 2.59. The second kappa shape index (κ2) is 5.31. The van der Waals surface area contributed by atoms with Gasteiger partial charge in [0, 0.05) is 11.2 Å². The molecule has 3 rings (SSSR count). The smallest absolute Gasteiger partial charge is 0.224 e. The summed E-state index contributed by atoms with van der Waals surface area (Å²) in [5.74, 6) is 0.609. The molecule has 3 nitrogen and oxygen atoms in total. The number of allylic oxidation sites excluding steroid dienone is 2. The molecular formula is C19H24N2O. The predicted molar refractivity (Wildman–Crippen MR) is 90.3 cm³/mol. The van der Waals surface area contributed by atoms with Gasteiger partial charge < -0.3 is 10.3 Å². The topological polar surface area (TPSA) is 44.9 Å². The number of hydrogen-bond donors (Lipinski definition) is 2. The van der Waals surface area contributed by atoms with Crippen molar-refractivity contribution in [3.05, 3.63) is 47.7 Å². The van der Waals surface area contributed by atoms with Crippen LogP contribution < -0.4 is 5.32 Å². The quantitative estimate of drug-likeness (QED) is 0.822. The monoisotopic (exact) mass is 296 g/mol. The van der Waals surface area contributed by atoms with E-state index in [9.17, 15) is 4.79 Å². The molecule has 0 saturated heterocycles. The zero-order chi connectivity index (χ0) is 15.9. The molecule has 1 aliphatic rings. The molecule has 1 saturated carbocycles. The molecule has 1 heterocycles. The minimum Gasteiger partial charge on any atom is -0.357 e. The first-order chi connectivity index (χ1) is 10.4. The van der Waals surface area contributed by atoms with Crippen LogP contribution in [-0.2, 0) is 11.3 Å². The van der Waals surface area contributed by atoms with Crippen LogP contribution in [0, 0.1) is 17.3 Å². The Hall–Kier alpha value is -2.03. The van der Waals surface area contributed by atoms with E-state index in [2.05, 4.69) is 62.3 Å². The van der Waals surface area contributed by atoms with Gasteiger partial charge in [-0.15, -0.1) is 0 Å². The maximum atomic E-state index is 12.4. The van der Waals surface area contributed by atoms with Gasteiger partial charge in [-0.3, -0.25) is 4.79 Å². The molecule has 2 unspecified atom stereocenters. The summed E-state index contributed by atoms with van der Waals surface area (Å²) in [7, 11) is 0. The van der Waals surface area contributed by atoms with Crippen LogP contribution in [0.4, 0.5) is 0 Å². The number of carbonyl (C=O) groups is 1. The van der Waals surface area contributed by atoms with E-state index < -0.39 is 0 Å². The van der Waals surface area contributed by atoms with Crippen LogP contribution in [0.2, 0.25) is 0 Å². The lowest BCUT2D eigenvalue weighted by atomic mass is 10.1. The van der Waals surface area contributed by atoms with Crippen molar-refractivity contribution >= 4 is 16.8 Å². The molecule has 1 aliphatic carbocycles. The maximum absolute atomic E-state index is 12.4. The molecule has 0 aliphatic heterocycles. The largest absolute Gasteiger partial charge is 0.357 e. The zero-order valence-corrected chi connectivity index (χ0v) is 13.7. The molecule has 22 heavy (non-hydrogen) atoms. The summed E-state index contributed by atoms with van der Waals surface area (Å²) in [5, 5.41) is 4.26. The van der Waals surface area contributed by atoms with Gasteiger partial charge in [0.2, 0.25) is 5.91 Å². The van der Waals surface area contributed by atoms with E-state index in [-0.39, 0.29) is 17.2 Å². The number of aromatic nitrogens is 1. The summed E-state index contributed by atoms with van der Waals surface area (Å²) in [6, 6.07) is 10.3. The van der Waals surface area contributed by atoms with E-state index in [0.717, 1.165) is 11.2 Å². The van der Waals surface area contributed by atoms with Crippen LogP contribution in [0.3, 0.4) is 0 Å². The fourth-order valence-electron chi connectivity index (χ4n) is 3.37. The number of aromatic amines is 1. The molecule has 1 aromatic carbocycles. The molecule has 0 spiro atoms. The van der Waals surface area contributed by atoms with E-state index in [4.69, 9.17) is 0 Å². The van der Waals surface area contributed by atoms with E-state index in [1.165, 1.54) is 11.0 Å². The molecule has 1 fully saturated rings. The van der Waals surface area contributed by atoms with E-state index in [1.54, 1.807) is 0 Å². The molecule has 2 N–H and O–H groups in total. The SMILES string of the molecule is CC(C)=CC1C(C(=O)NCc2cc3ccccc3[nH]2)C1(C)C. The normalized spacial score (nSPS) is 22.4. The highest BCUT2D eigenvalue weighted by Gasteiger charge is 2.60. The Morgan fingerprint density at radius 2 is 2.05 bits per heavy atom. The maximum Gasteiger partial charge on any atom is 0.224 e. The summed E-state index contributed by atoms with van der Waals surface area (Å²) in [5.41, 5.74) is 3.51. The lowest BCUT2D eigenvalue weighted by molar-refractivity contribution is -0.123. The van der Waals surface area contributed by atoms with Crippen LogP contribution in [0.5, 0.6) is 0 Å². The average molecular weight is 296 g/mol. The van der Waals surface area contributed by atoms with Crippen LogP contribution in [0.15, 0.2) is 42.0 Å². The Labute approximate surface area is 131 Å². The zero-order valence-electron chi connectivity index (χ0n) is 13.7. The molecular weight excluding hydrogens is 272 g/mol. The highest BCUT2D eigenvalue weighted by atomic mass is 16.2. The lowest BCUT2D eigenvalue weighted by Gasteiger charge is -2.04. The third-order valence-electron chi connectivity index (χ3n) is 4.74. The first kappa shape index (κ1) is 14.9. The van der Waals surface area contributed by atoms with Gasteiger partial charge in [-0.1, -0.05) is 43.7 Å². The van der Waals surface area contributed by atoms with Crippen molar-refractivity contribution in [1.82, 2.24) is 10.3 Å². The van der Waals surface area contributed by atoms with Gasteiger partial charge in [0.1, 0.15) is 0 Å². The molecule has 0 bridgehead atoms. The number of amides is 1. The molecule has 0 radical (unpaired) electrons. The number of H-pyrrole nitrogens is 1. The van der Waals surface area contributed by atoms with Crippen molar-refractivity contribution in [2.45, 2.75) is 34.2 Å². The second-order valence-electron chi connectivity index (χ2n) is 7.17. The van der Waals surface area contributed by atoms with Crippen molar-refractivity contribution in [1.29, 1.82) is 0 Å². The van der Waals surface area contributed by atoms with Crippen LogP contribution >= 0.6 is 0 Å². The number of carbonyl (C=O) groups excluding carboxylic acids is 1. The summed E-state index contributed by atoms with van der Waals surface area (Å²) in [6.07, 6.45) is 2.23. The summed E-state index contributed by atoms with van der Waals surface area (Å²) < 4.78 is 0. The van der Waals surface area contributed by atoms with Crippen molar-refractivity contribution < 1.29 is 4.79 Å². The first-order valence-corrected chi connectivity index (χ1v) is 7.89. The summed E-state index contributed by atoms with van der Waals surface area (Å²) >= 11 is 0. The second-order valence-corrected chi connectivity index (χ2v) is 7.17. The van der Waals surface area contributed by atoms with E-state index >= 15 is 0 Å². The van der Waals surface area contributed by atoms with Crippen LogP contribution in [0.25, 0.3) is 10.9 Å². The number of fused-ring (bicyclic) bond motifs is 1. The number of nitrogens with one attached hydrogen (secondary N) is 2. The Morgan fingerprint density at radius 1 is 1.32 bits per heavy atom. The Balaban J connectivity index is 1.64. The Kier molecular flexibility index (Phi) is 3.59. The van der Waals surface area contributed by atoms with Gasteiger partial charge in [-0.05, 0) is 42.7 Å². The van der Waals surface area contributed by atoms with Gasteiger partial charge in [0.05, 0.1) is 12.5 Å². The van der Waals surface area contributed by atoms with Gasteiger partial charge in [0.15, 0.2) is 0 Å². The van der Waals surface area contributed by atoms with Gasteiger partial charge >= 0.3 is 0 Å². The molecule has 2 atom stereocenters. The average Bonchev–Trinajstić information content (AvgIpc) is 2.83. The van der Waals surface area contributed by atoms with Crippen molar-refractivity contribution in [2.24, 2.45) is 17.3 Å². The van der Waals surface area contributed by atoms with Crippen LogP contribution in [-0.4, -0.2) is 10.9 Å². The van der Waals surface area contributed by atoms with Gasteiger partial charge in [0.25, 0.3) is 0 Å². The molecule has 3 heteroatoms. The van der Waals surface area contributed by atoms with Crippen LogP contribution in [0.1, 0.15) is 33.4 Å². The summed E-state index contributed by atoms with van der Waals surface area (Å²) in [4.78, 5) is 15.8. The Bertz CT molecular complexity index is 702. The molecule has 1 amide bonds. The minimum atomic E-state index is 0.0712. The Morgan fingerprint density at radius 3 is 2.73 bits per heavy atom. The number of benzene rings is 1. The lowest BCUT2D eigenvalue weighted by Crippen LogP contribution is -2.26. The number of para-hydroxylation sites is 1. The van der Waals surface area contributed by atoms with Gasteiger partial charge in [-0.25, -0.2) is 0 Å². The van der Waals surface area contributed by atoms with E-state index in [1.807, 2.05) is 12.1 Å². The van der Waals surface area contributed by atoms with E-state index in [0.29, 0.717) is 12.5 Å². The van der Waals surface area contributed by atoms with Gasteiger partial charge in [-0.2, -0.15) is 0 Å². The molecule has 2 aromatic rings. The third-order valence-corrected chi connectivity index (χ3v) is 4.74. The summed E-state index contributed by atoms with van der Waals surface area (Å²) in [6.45, 7) is 9.08. The minimum absolute atomic E-state index is 0.0712. The fraction of sp³-hybridized carbons (Fsp3) is 0.421. The van der Waals surface area contributed by atoms with Crippen molar-refractivity contribution in [3.63, 3.8) is 0 Å². The number of hydrogen-bond acceptors (Lipinski definition) is 1. The first-order valence-electron chi connectivity index (χ1n) is 7.89. The molecule has 1 aromatic heterocycles. The standard InChI is InChI=1S/C19H24N2O/c1-12(2)9-15-17(19(15,3)4)18(22)20-11-14-10-13-7-5-6-8-16(13)21-14/h5-10,15,17,21H,11H2,1-4H3,(H,20,22). The predicted octanol–water partition coefficient (Wildman–Crippen LogP) is 4.02.